The van der Waals surface area contributed by atoms with Gasteiger partial charge in [0.15, 0.2) is 6.29 Å². The molecule has 0 heterocycles. The Labute approximate surface area is 358 Å². The number of nitrogens with one attached hydrogen (secondary N) is 6. The number of nitrogens with two attached hydrogens (primary N) is 1. The number of thioether (sulfide) groups is 1. The highest BCUT2D eigenvalue weighted by Crippen LogP contribution is 2.22. The topological polar surface area (TPSA) is 331 Å². The smallest absolute Gasteiger partial charge is 0.462 e. The molecule has 22 nitrogen and oxygen atoms in total. The van der Waals surface area contributed by atoms with Crippen molar-refractivity contribution in [3.63, 3.8) is 0 Å². The number of amides is 7. The fourth-order valence-electron chi connectivity index (χ4n) is 4.88. The number of aldehydes is 1. The summed E-state index contributed by atoms with van der Waals surface area (Å²) in [6.07, 6.45) is -8.03. The van der Waals surface area contributed by atoms with Crippen molar-refractivity contribution >= 4 is 71.3 Å². The first-order valence-electron chi connectivity index (χ1n) is 18.2. The van der Waals surface area contributed by atoms with Crippen LogP contribution >= 0.6 is 11.8 Å². The Balaban J connectivity index is 6.56. The second kappa shape index (κ2) is 25.7. The van der Waals surface area contributed by atoms with Crippen LogP contribution in [0.25, 0.3) is 0 Å². The zero-order valence-corrected chi connectivity index (χ0v) is 35.7. The number of carbonyl (C=O) groups excluding carboxylic acids is 10. The lowest BCUT2D eigenvalue weighted by Gasteiger charge is -2.37. The number of alkyl halides is 3. The fourth-order valence-corrected chi connectivity index (χ4v) is 5.69. The summed E-state index contributed by atoms with van der Waals surface area (Å²) in [5.41, 5.74) is 2.21. The quantitative estimate of drug-likeness (QED) is 0.0189. The van der Waals surface area contributed by atoms with Crippen molar-refractivity contribution in [3.8, 4) is 0 Å². The van der Waals surface area contributed by atoms with E-state index >= 15 is 0 Å². The molecule has 62 heavy (non-hydrogen) atoms. The van der Waals surface area contributed by atoms with Crippen LogP contribution in [0.3, 0.4) is 0 Å². The second-order valence-corrected chi connectivity index (χ2v) is 14.7. The zero-order valence-electron chi connectivity index (χ0n) is 34.9. The lowest BCUT2D eigenvalue weighted by molar-refractivity contribution is -0.173. The van der Waals surface area contributed by atoms with Gasteiger partial charge < -0.3 is 62.2 Å². The molecule has 7 amide bonds. The number of hydrogen-bond acceptors (Lipinski definition) is 16. The molecular weight excluding hydrogens is 857 g/mol. The lowest BCUT2D eigenvalue weighted by Crippen LogP contribution is -2.64. The number of ether oxygens (including phenoxy) is 2. The summed E-state index contributed by atoms with van der Waals surface area (Å²) in [4.78, 5) is 125. The van der Waals surface area contributed by atoms with Gasteiger partial charge in [0, 0.05) is 44.5 Å². The van der Waals surface area contributed by atoms with Crippen molar-refractivity contribution in [2.75, 3.05) is 25.4 Å². The maximum absolute atomic E-state index is 14.1. The number of hydrogen-bond donors (Lipinski definition) is 9. The molecule has 0 spiro atoms. The minimum absolute atomic E-state index is 0.00188. The molecule has 0 aromatic rings. The van der Waals surface area contributed by atoms with E-state index in [-0.39, 0.29) is 22.7 Å². The third kappa shape index (κ3) is 21.0. The molecule has 0 aliphatic rings. The van der Waals surface area contributed by atoms with Gasteiger partial charge in [-0.2, -0.15) is 13.2 Å². The van der Waals surface area contributed by atoms with Crippen LogP contribution in [0.1, 0.15) is 54.9 Å². The van der Waals surface area contributed by atoms with Crippen LogP contribution in [0.2, 0.25) is 0 Å². The van der Waals surface area contributed by atoms with Gasteiger partial charge in [-0.05, 0) is 26.8 Å². The number of nitrogens with zero attached hydrogens (tertiary/aromatic N) is 1. The Hall–Kier alpha value is -6.02. The zero-order chi connectivity index (χ0) is 48.3. The predicted octanol–water partition coefficient (Wildman–Crippen LogP) is -2.41. The van der Waals surface area contributed by atoms with Gasteiger partial charge in [-0.3, -0.25) is 47.9 Å². The molecule has 0 radical (unpaired) electrons. The average molecular weight is 911 g/mol. The number of primary amides is 1. The highest BCUT2D eigenvalue weighted by molar-refractivity contribution is 8.03. The molecule has 0 aliphatic heterocycles. The van der Waals surface area contributed by atoms with Gasteiger partial charge in [-0.15, -0.1) is 11.8 Å². The molecule has 0 fully saturated rings. The third-order valence-corrected chi connectivity index (χ3v) is 8.92. The van der Waals surface area contributed by atoms with Gasteiger partial charge in [0.1, 0.15) is 30.8 Å². The van der Waals surface area contributed by atoms with E-state index in [4.69, 9.17) is 15.2 Å². The SMILES string of the molecule is C=C(/C=C(\C)NC(=O)C(F)(F)F)NC(=C)SCC(NC(=O)CNC(C)=O)C(=O)NC(CC(N)=O)C(=O)N(C[C@@H](C)O)[C@@H](C)C(=O)N[C@](O)(C=O)[C@@H](C)[C@H](COC(C)=O)OC(C)=O. The van der Waals surface area contributed by atoms with Gasteiger partial charge in [0.25, 0.3) is 0 Å². The van der Waals surface area contributed by atoms with Crippen molar-refractivity contribution in [3.05, 3.63) is 35.7 Å². The molecular formula is C36H53F3N8O14S. The van der Waals surface area contributed by atoms with Crippen LogP contribution in [0.15, 0.2) is 35.7 Å². The van der Waals surface area contributed by atoms with Crippen molar-refractivity contribution < 1.29 is 80.8 Å². The monoisotopic (exact) mass is 910 g/mol. The van der Waals surface area contributed by atoms with Gasteiger partial charge in [0.05, 0.1) is 30.0 Å². The Morgan fingerprint density at radius 3 is 1.98 bits per heavy atom. The lowest BCUT2D eigenvalue weighted by atomic mass is 9.92. The van der Waals surface area contributed by atoms with E-state index < -0.39 is 133 Å². The first-order chi connectivity index (χ1) is 28.4. The fraction of sp³-hybridized carbons (Fsp3) is 0.556. The summed E-state index contributed by atoms with van der Waals surface area (Å²) in [6.45, 7) is 13.1. The summed E-state index contributed by atoms with van der Waals surface area (Å²) < 4.78 is 47.8. The maximum Gasteiger partial charge on any atom is 0.471 e. The van der Waals surface area contributed by atoms with E-state index in [0.29, 0.717) is 4.90 Å². The van der Waals surface area contributed by atoms with E-state index in [1.165, 1.54) is 13.8 Å². The van der Waals surface area contributed by atoms with Crippen LogP contribution in [0, 0.1) is 5.92 Å². The number of halogens is 3. The van der Waals surface area contributed by atoms with Crippen LogP contribution in [0.4, 0.5) is 13.2 Å². The van der Waals surface area contributed by atoms with E-state index in [2.05, 4.69) is 34.4 Å². The highest BCUT2D eigenvalue weighted by Gasteiger charge is 2.44. The maximum atomic E-state index is 14.1. The Morgan fingerprint density at radius 1 is 0.903 bits per heavy atom. The molecule has 0 aliphatic carbocycles. The summed E-state index contributed by atoms with van der Waals surface area (Å²) >= 11 is 0.742. The van der Waals surface area contributed by atoms with Crippen LogP contribution in [0.5, 0.6) is 0 Å². The van der Waals surface area contributed by atoms with E-state index in [1.807, 2.05) is 5.32 Å². The molecule has 0 rings (SSSR count). The standard InChI is InChI=1S/C36H53F3N8O14S/c1-17(10-18(2)43-34(58)36(37,38)39)42-23(7)62-15-27(44-30(54)12-41-22(6)50)32(56)45-26(11-29(40)53)33(57)47(13-19(3)49)21(5)31(55)46-35(59,16-48)20(4)28(61-25(9)52)14-60-24(8)51/h10,16,19-21,26-28,42,49,59H,1,7,11-15H2,2-6,8-9H3,(H2,40,53)(H,41,50)(H,43,58)(H,44,54)(H,45,56)(H,46,55)/b18-10+/t19-,20+,21+,26?,27?,28+,35+/m1/s1. The largest absolute Gasteiger partial charge is 0.471 e. The van der Waals surface area contributed by atoms with Crippen molar-refractivity contribution in [2.45, 2.75) is 97.1 Å². The van der Waals surface area contributed by atoms with E-state index in [1.54, 1.807) is 5.32 Å². The molecule has 0 saturated heterocycles. The second-order valence-electron chi connectivity index (χ2n) is 13.6. The first kappa shape index (κ1) is 56.0. The minimum atomic E-state index is -5.16. The molecule has 26 heteroatoms. The Bertz CT molecular complexity index is 1760. The van der Waals surface area contributed by atoms with Gasteiger partial charge in [-0.25, -0.2) is 0 Å². The van der Waals surface area contributed by atoms with Gasteiger partial charge in [-0.1, -0.05) is 20.1 Å². The molecule has 0 bridgehead atoms. The van der Waals surface area contributed by atoms with E-state index in [9.17, 15) is 71.3 Å². The van der Waals surface area contributed by atoms with Crippen LogP contribution in [-0.2, 0) is 57.4 Å². The van der Waals surface area contributed by atoms with Gasteiger partial charge >= 0.3 is 24.0 Å². The molecule has 7 atom stereocenters. The molecule has 2 unspecified atom stereocenters. The molecule has 348 valence electrons. The summed E-state index contributed by atoms with van der Waals surface area (Å²) in [6, 6.07) is -5.23. The Kier molecular flexibility index (Phi) is 23.2. The number of rotatable bonds is 26. The van der Waals surface area contributed by atoms with Crippen molar-refractivity contribution in [2.24, 2.45) is 11.7 Å². The summed E-state index contributed by atoms with van der Waals surface area (Å²) in [7, 11) is 0. The van der Waals surface area contributed by atoms with Crippen molar-refractivity contribution in [1.29, 1.82) is 0 Å². The molecule has 0 saturated carbocycles. The highest BCUT2D eigenvalue weighted by atomic mass is 32.2. The average Bonchev–Trinajstić information content (AvgIpc) is 3.13. The van der Waals surface area contributed by atoms with Crippen LogP contribution < -0.4 is 37.6 Å². The van der Waals surface area contributed by atoms with Crippen molar-refractivity contribution in [1.82, 2.24) is 36.8 Å². The number of carbonyl (C=O) groups is 10. The summed E-state index contributed by atoms with van der Waals surface area (Å²) in [5, 5.41) is 34.5. The van der Waals surface area contributed by atoms with E-state index in [0.717, 1.165) is 52.5 Å². The molecule has 10 N–H and O–H groups in total. The number of esters is 2. The summed E-state index contributed by atoms with van der Waals surface area (Å²) in [5.74, 6) is -12.1. The minimum Gasteiger partial charge on any atom is -0.462 e. The number of aliphatic hydroxyl groups is 2. The normalized spacial score (nSPS) is 15.2. The predicted molar refractivity (Wildman–Crippen MR) is 212 cm³/mol. The van der Waals surface area contributed by atoms with Gasteiger partial charge in [0.2, 0.25) is 41.2 Å². The number of allylic oxidation sites excluding steroid dienone is 2. The molecule has 0 aromatic heterocycles. The van der Waals surface area contributed by atoms with Crippen LogP contribution in [-0.4, -0.2) is 142 Å². The third-order valence-electron chi connectivity index (χ3n) is 7.97. The first-order valence-corrected chi connectivity index (χ1v) is 19.2. The Morgan fingerprint density at radius 2 is 1.50 bits per heavy atom. The number of aliphatic hydroxyl groups excluding tert-OH is 1. The molecule has 0 aromatic carbocycles.